The average molecular weight is 367 g/mol. The minimum Gasteiger partial charge on any atom is -0.354 e. The van der Waals surface area contributed by atoms with Crippen molar-refractivity contribution in [2.75, 3.05) is 25.5 Å². The lowest BCUT2D eigenvalue weighted by molar-refractivity contribution is -0.126. The zero-order valence-electron chi connectivity index (χ0n) is 16.5. The van der Waals surface area contributed by atoms with Crippen molar-refractivity contribution in [2.45, 2.75) is 32.7 Å². The molecule has 27 heavy (non-hydrogen) atoms. The predicted octanol–water partition coefficient (Wildman–Crippen LogP) is 3.17. The predicted molar refractivity (Wildman–Crippen MR) is 110 cm³/mol. The number of benzene rings is 2. The third-order valence-electron chi connectivity index (χ3n) is 4.72. The van der Waals surface area contributed by atoms with Crippen molar-refractivity contribution in [3.8, 4) is 0 Å². The molecule has 0 radical (unpaired) electrons. The molecule has 2 amide bonds. The van der Waals surface area contributed by atoms with Gasteiger partial charge in [-0.15, -0.1) is 0 Å². The van der Waals surface area contributed by atoms with Crippen LogP contribution < -0.4 is 10.6 Å². The number of amides is 2. The van der Waals surface area contributed by atoms with E-state index >= 15 is 0 Å². The lowest BCUT2D eigenvalue weighted by Gasteiger charge is -2.24. The van der Waals surface area contributed by atoms with Crippen LogP contribution in [0.15, 0.2) is 54.6 Å². The van der Waals surface area contributed by atoms with Crippen LogP contribution in [-0.4, -0.2) is 42.9 Å². The first-order valence-corrected chi connectivity index (χ1v) is 9.26. The Labute approximate surface area is 161 Å². The Kier molecular flexibility index (Phi) is 7.55. The number of hydrogen-bond acceptors (Lipinski definition) is 3. The van der Waals surface area contributed by atoms with Crippen LogP contribution in [0.1, 0.15) is 30.9 Å². The van der Waals surface area contributed by atoms with E-state index in [1.54, 1.807) is 11.9 Å². The molecule has 0 saturated heterocycles. The molecule has 2 rings (SSSR count). The van der Waals surface area contributed by atoms with Gasteiger partial charge < -0.3 is 10.6 Å². The molecule has 0 aliphatic rings. The summed E-state index contributed by atoms with van der Waals surface area (Å²) in [5.74, 6) is 0.0135. The average Bonchev–Trinajstić information content (AvgIpc) is 2.67. The van der Waals surface area contributed by atoms with Gasteiger partial charge in [-0.25, -0.2) is 0 Å². The van der Waals surface area contributed by atoms with Crippen molar-refractivity contribution in [2.24, 2.45) is 0 Å². The normalized spacial score (nSPS) is 13.1. The van der Waals surface area contributed by atoms with Crippen molar-refractivity contribution in [3.63, 3.8) is 0 Å². The second-order valence-electron chi connectivity index (χ2n) is 7.06. The Morgan fingerprint density at radius 1 is 1.00 bits per heavy atom. The van der Waals surface area contributed by atoms with Crippen molar-refractivity contribution in [3.05, 3.63) is 65.7 Å². The molecule has 0 bridgehead atoms. The summed E-state index contributed by atoms with van der Waals surface area (Å²) in [6.07, 6.45) is 0. The summed E-state index contributed by atoms with van der Waals surface area (Å²) >= 11 is 0. The third-order valence-corrected chi connectivity index (χ3v) is 4.72. The third kappa shape index (κ3) is 6.53. The maximum atomic E-state index is 12.4. The minimum absolute atomic E-state index is 0.0802. The first-order valence-electron chi connectivity index (χ1n) is 9.26. The largest absolute Gasteiger partial charge is 0.354 e. The SMILES string of the molecule is Cc1ccc(NC(=O)CN(C)C(C)C(=O)NCC(C)c2ccccc2)cc1. The van der Waals surface area contributed by atoms with Gasteiger partial charge in [-0.3, -0.25) is 14.5 Å². The van der Waals surface area contributed by atoms with E-state index in [0.29, 0.717) is 6.54 Å². The summed E-state index contributed by atoms with van der Waals surface area (Å²) in [5, 5.41) is 5.83. The second-order valence-corrected chi connectivity index (χ2v) is 7.06. The topological polar surface area (TPSA) is 61.4 Å². The molecule has 5 nitrogen and oxygen atoms in total. The van der Waals surface area contributed by atoms with Gasteiger partial charge in [0.15, 0.2) is 0 Å². The number of nitrogens with one attached hydrogen (secondary N) is 2. The standard InChI is InChI=1S/C22H29N3O2/c1-16-10-12-20(13-11-16)24-21(26)15-25(4)18(3)22(27)23-14-17(2)19-8-6-5-7-9-19/h5-13,17-18H,14-15H2,1-4H3,(H,23,27)(H,24,26). The minimum atomic E-state index is -0.392. The van der Waals surface area contributed by atoms with Crippen LogP contribution in [0, 0.1) is 6.92 Å². The highest BCUT2D eigenvalue weighted by Crippen LogP contribution is 2.13. The summed E-state index contributed by atoms with van der Waals surface area (Å²) in [4.78, 5) is 26.4. The Hall–Kier alpha value is -2.66. The lowest BCUT2D eigenvalue weighted by atomic mass is 10.0. The van der Waals surface area contributed by atoms with E-state index in [1.165, 1.54) is 5.56 Å². The van der Waals surface area contributed by atoms with Gasteiger partial charge in [0.1, 0.15) is 0 Å². The van der Waals surface area contributed by atoms with Crippen LogP contribution in [0.25, 0.3) is 0 Å². The van der Waals surface area contributed by atoms with Crippen molar-refractivity contribution in [1.82, 2.24) is 10.2 Å². The first-order chi connectivity index (χ1) is 12.9. The van der Waals surface area contributed by atoms with Crippen LogP contribution in [0.2, 0.25) is 0 Å². The molecule has 0 saturated carbocycles. The van der Waals surface area contributed by atoms with E-state index in [4.69, 9.17) is 0 Å². The molecule has 2 atom stereocenters. The van der Waals surface area contributed by atoms with Gasteiger partial charge in [-0.2, -0.15) is 0 Å². The number of likely N-dealkylation sites (N-methyl/N-ethyl adjacent to an activating group) is 1. The summed E-state index contributed by atoms with van der Waals surface area (Å²) < 4.78 is 0. The Morgan fingerprint density at radius 3 is 2.26 bits per heavy atom. The highest BCUT2D eigenvalue weighted by Gasteiger charge is 2.20. The Balaban J connectivity index is 1.79. The van der Waals surface area contributed by atoms with Gasteiger partial charge in [-0.05, 0) is 44.5 Å². The number of rotatable bonds is 8. The smallest absolute Gasteiger partial charge is 0.238 e. The molecule has 0 fully saturated rings. The van der Waals surface area contributed by atoms with Gasteiger partial charge in [0.25, 0.3) is 0 Å². The monoisotopic (exact) mass is 367 g/mol. The summed E-state index contributed by atoms with van der Waals surface area (Å²) in [7, 11) is 1.78. The molecule has 0 aliphatic carbocycles. The first kappa shape index (κ1) is 20.6. The fourth-order valence-electron chi connectivity index (χ4n) is 2.70. The molecule has 5 heteroatoms. The van der Waals surface area contributed by atoms with E-state index < -0.39 is 6.04 Å². The van der Waals surface area contributed by atoms with Gasteiger partial charge >= 0.3 is 0 Å². The number of carbonyl (C=O) groups excluding carboxylic acids is 2. The van der Waals surface area contributed by atoms with E-state index in [0.717, 1.165) is 11.3 Å². The number of aryl methyl sites for hydroxylation is 1. The van der Waals surface area contributed by atoms with Crippen LogP contribution in [0.5, 0.6) is 0 Å². The maximum Gasteiger partial charge on any atom is 0.238 e. The zero-order valence-corrected chi connectivity index (χ0v) is 16.5. The fourth-order valence-corrected chi connectivity index (χ4v) is 2.70. The van der Waals surface area contributed by atoms with Crippen LogP contribution in [0.3, 0.4) is 0 Å². The van der Waals surface area contributed by atoms with Crippen molar-refractivity contribution in [1.29, 1.82) is 0 Å². The van der Waals surface area contributed by atoms with Crippen LogP contribution >= 0.6 is 0 Å². The number of carbonyl (C=O) groups is 2. The van der Waals surface area contributed by atoms with Crippen LogP contribution in [0.4, 0.5) is 5.69 Å². The number of hydrogen-bond donors (Lipinski definition) is 2. The second kappa shape index (κ2) is 9.88. The van der Waals surface area contributed by atoms with Gasteiger partial charge in [0.2, 0.25) is 11.8 Å². The maximum absolute atomic E-state index is 12.4. The molecular formula is C22H29N3O2. The molecule has 0 aliphatic heterocycles. The summed E-state index contributed by atoms with van der Waals surface area (Å²) in [6, 6.07) is 17.3. The molecule has 0 aromatic heterocycles. The summed E-state index contributed by atoms with van der Waals surface area (Å²) in [5.41, 5.74) is 3.09. The molecule has 0 spiro atoms. The van der Waals surface area contributed by atoms with Gasteiger partial charge in [0, 0.05) is 12.2 Å². The Bertz CT molecular complexity index is 744. The quantitative estimate of drug-likeness (QED) is 0.753. The summed E-state index contributed by atoms with van der Waals surface area (Å²) in [6.45, 7) is 6.60. The lowest BCUT2D eigenvalue weighted by Crippen LogP contribution is -2.46. The number of anilines is 1. The highest BCUT2D eigenvalue weighted by atomic mass is 16.2. The molecule has 144 valence electrons. The van der Waals surface area contributed by atoms with E-state index in [9.17, 15) is 9.59 Å². The Morgan fingerprint density at radius 2 is 1.63 bits per heavy atom. The number of nitrogens with zero attached hydrogens (tertiary/aromatic N) is 1. The zero-order chi connectivity index (χ0) is 19.8. The molecule has 2 aromatic rings. The van der Waals surface area contributed by atoms with E-state index in [2.05, 4.69) is 29.7 Å². The molecular weight excluding hydrogens is 338 g/mol. The molecule has 0 heterocycles. The van der Waals surface area contributed by atoms with E-state index in [1.807, 2.05) is 56.3 Å². The van der Waals surface area contributed by atoms with Crippen LogP contribution in [-0.2, 0) is 9.59 Å². The molecule has 2 N–H and O–H groups in total. The fraction of sp³-hybridized carbons (Fsp3) is 0.364. The van der Waals surface area contributed by atoms with Crippen molar-refractivity contribution < 1.29 is 9.59 Å². The van der Waals surface area contributed by atoms with Crippen molar-refractivity contribution >= 4 is 17.5 Å². The molecule has 2 aromatic carbocycles. The van der Waals surface area contributed by atoms with Gasteiger partial charge in [-0.1, -0.05) is 55.0 Å². The molecule has 2 unspecified atom stereocenters. The highest BCUT2D eigenvalue weighted by molar-refractivity contribution is 5.92. The van der Waals surface area contributed by atoms with Gasteiger partial charge in [0.05, 0.1) is 12.6 Å². The van der Waals surface area contributed by atoms with E-state index in [-0.39, 0.29) is 24.3 Å².